The van der Waals surface area contributed by atoms with Gasteiger partial charge in [-0.05, 0) is 56.5 Å². The number of aliphatic carboxylic acids is 1. The third-order valence-corrected chi connectivity index (χ3v) is 5.21. The Labute approximate surface area is 197 Å². The Morgan fingerprint density at radius 2 is 1.71 bits per heavy atom. The SMILES string of the molecule is CCCn1c(COC(=O)c2ccc(OC(C)(C)C(=O)O)cc2)nn(CCc2ccccc2)c1=O. The fourth-order valence-electron chi connectivity index (χ4n) is 3.28. The molecule has 0 radical (unpaired) electrons. The molecule has 0 fully saturated rings. The lowest BCUT2D eigenvalue weighted by Crippen LogP contribution is -2.37. The molecule has 0 unspecified atom stereocenters. The van der Waals surface area contributed by atoms with Crippen molar-refractivity contribution in [2.75, 3.05) is 0 Å². The van der Waals surface area contributed by atoms with E-state index in [9.17, 15) is 14.4 Å². The summed E-state index contributed by atoms with van der Waals surface area (Å²) in [6.07, 6.45) is 1.40. The molecule has 1 heterocycles. The maximum atomic E-state index is 12.8. The van der Waals surface area contributed by atoms with Crippen molar-refractivity contribution < 1.29 is 24.2 Å². The van der Waals surface area contributed by atoms with Gasteiger partial charge in [-0.25, -0.2) is 19.1 Å². The zero-order valence-corrected chi connectivity index (χ0v) is 19.6. The number of benzene rings is 2. The third-order valence-electron chi connectivity index (χ3n) is 5.21. The van der Waals surface area contributed by atoms with Crippen molar-refractivity contribution in [3.8, 4) is 5.75 Å². The van der Waals surface area contributed by atoms with Crippen LogP contribution in [0.2, 0.25) is 0 Å². The van der Waals surface area contributed by atoms with Crippen molar-refractivity contribution in [1.29, 1.82) is 0 Å². The van der Waals surface area contributed by atoms with Crippen LogP contribution in [0.1, 0.15) is 48.9 Å². The lowest BCUT2D eigenvalue weighted by Gasteiger charge is -2.21. The van der Waals surface area contributed by atoms with E-state index in [4.69, 9.17) is 14.6 Å². The Hall–Kier alpha value is -3.88. The minimum Gasteiger partial charge on any atom is -0.478 e. The normalized spacial score (nSPS) is 11.3. The number of carbonyl (C=O) groups excluding carboxylic acids is 1. The monoisotopic (exact) mass is 467 g/mol. The number of carboxylic acids is 1. The number of carboxylic acid groups (broad SMARTS) is 1. The highest BCUT2D eigenvalue weighted by Gasteiger charge is 2.29. The molecule has 0 aliphatic carbocycles. The van der Waals surface area contributed by atoms with Gasteiger partial charge < -0.3 is 14.6 Å². The van der Waals surface area contributed by atoms with E-state index in [1.165, 1.54) is 47.4 Å². The summed E-state index contributed by atoms with van der Waals surface area (Å²) >= 11 is 0. The molecule has 0 aliphatic heterocycles. The first-order chi connectivity index (χ1) is 16.2. The lowest BCUT2D eigenvalue weighted by molar-refractivity contribution is -0.152. The predicted octanol–water partition coefficient (Wildman–Crippen LogP) is 3.30. The van der Waals surface area contributed by atoms with Crippen molar-refractivity contribution in [2.24, 2.45) is 0 Å². The van der Waals surface area contributed by atoms with Gasteiger partial charge in [0.1, 0.15) is 5.75 Å². The Morgan fingerprint density at radius 3 is 2.32 bits per heavy atom. The number of hydrogen-bond donors (Lipinski definition) is 1. The van der Waals surface area contributed by atoms with Crippen LogP contribution in [0.4, 0.5) is 0 Å². The van der Waals surface area contributed by atoms with E-state index in [0.717, 1.165) is 12.0 Å². The minimum absolute atomic E-state index is 0.142. The zero-order valence-electron chi connectivity index (χ0n) is 19.6. The van der Waals surface area contributed by atoms with Crippen LogP contribution >= 0.6 is 0 Å². The van der Waals surface area contributed by atoms with E-state index in [1.54, 1.807) is 0 Å². The molecule has 180 valence electrons. The van der Waals surface area contributed by atoms with Crippen LogP contribution in [0.5, 0.6) is 5.75 Å². The second-order valence-electron chi connectivity index (χ2n) is 8.33. The molecule has 0 amide bonds. The molecule has 0 bridgehead atoms. The number of esters is 1. The molecule has 3 rings (SSSR count). The van der Waals surface area contributed by atoms with E-state index in [0.29, 0.717) is 31.1 Å². The summed E-state index contributed by atoms with van der Waals surface area (Å²) in [6.45, 7) is 5.59. The zero-order chi connectivity index (χ0) is 24.7. The predicted molar refractivity (Wildman–Crippen MR) is 125 cm³/mol. The van der Waals surface area contributed by atoms with Gasteiger partial charge in [0.05, 0.1) is 12.1 Å². The maximum Gasteiger partial charge on any atom is 0.347 e. The van der Waals surface area contributed by atoms with Crippen LogP contribution in [-0.4, -0.2) is 37.0 Å². The standard InChI is InChI=1S/C25H29N3O6/c1-4-15-27-21(26-28(24(27)32)16-14-18-8-6-5-7-9-18)17-33-22(29)19-10-12-20(13-11-19)34-25(2,3)23(30)31/h5-13H,4,14-17H2,1-3H3,(H,30,31). The van der Waals surface area contributed by atoms with E-state index in [1.807, 2.05) is 37.3 Å². The summed E-state index contributed by atoms with van der Waals surface area (Å²) < 4.78 is 13.8. The highest BCUT2D eigenvalue weighted by atomic mass is 16.5. The van der Waals surface area contributed by atoms with Gasteiger partial charge in [0.25, 0.3) is 0 Å². The highest BCUT2D eigenvalue weighted by molar-refractivity contribution is 5.89. The Bertz CT molecular complexity index is 1180. The quantitative estimate of drug-likeness (QED) is 0.431. The molecule has 1 aromatic heterocycles. The van der Waals surface area contributed by atoms with Gasteiger partial charge in [0.15, 0.2) is 18.0 Å². The number of aromatic nitrogens is 3. The molecular weight excluding hydrogens is 438 g/mol. The largest absolute Gasteiger partial charge is 0.478 e. The average molecular weight is 468 g/mol. The summed E-state index contributed by atoms with van der Waals surface area (Å²) in [4.78, 5) is 36.5. The highest BCUT2D eigenvalue weighted by Crippen LogP contribution is 2.20. The number of carbonyl (C=O) groups is 2. The number of rotatable bonds is 11. The first-order valence-electron chi connectivity index (χ1n) is 11.1. The van der Waals surface area contributed by atoms with Gasteiger partial charge in [0.2, 0.25) is 0 Å². The molecule has 9 heteroatoms. The van der Waals surface area contributed by atoms with Crippen molar-refractivity contribution in [3.05, 3.63) is 82.0 Å². The Kier molecular flexibility index (Phi) is 7.88. The second-order valence-corrected chi connectivity index (χ2v) is 8.33. The van der Waals surface area contributed by atoms with Gasteiger partial charge in [-0.1, -0.05) is 37.3 Å². The first kappa shape index (κ1) is 24.8. The number of ether oxygens (including phenoxy) is 2. The maximum absolute atomic E-state index is 12.8. The number of aryl methyl sites for hydroxylation is 2. The van der Waals surface area contributed by atoms with E-state index in [2.05, 4.69) is 5.10 Å². The van der Waals surface area contributed by atoms with Crippen molar-refractivity contribution in [1.82, 2.24) is 14.3 Å². The Morgan fingerprint density at radius 1 is 1.03 bits per heavy atom. The number of hydrogen-bond acceptors (Lipinski definition) is 6. The van der Waals surface area contributed by atoms with Crippen LogP contribution < -0.4 is 10.4 Å². The van der Waals surface area contributed by atoms with Crippen LogP contribution in [0.3, 0.4) is 0 Å². The summed E-state index contributed by atoms with van der Waals surface area (Å²) in [7, 11) is 0. The Balaban J connectivity index is 1.66. The van der Waals surface area contributed by atoms with Gasteiger partial charge in [0, 0.05) is 6.54 Å². The van der Waals surface area contributed by atoms with Gasteiger partial charge >= 0.3 is 17.6 Å². The number of nitrogens with zero attached hydrogens (tertiary/aromatic N) is 3. The molecule has 1 N–H and O–H groups in total. The van der Waals surface area contributed by atoms with Gasteiger partial charge in [-0.2, -0.15) is 5.10 Å². The summed E-state index contributed by atoms with van der Waals surface area (Å²) in [5.74, 6) is -0.981. The smallest absolute Gasteiger partial charge is 0.347 e. The molecule has 2 aromatic carbocycles. The molecular formula is C25H29N3O6. The molecule has 0 atom stereocenters. The topological polar surface area (TPSA) is 113 Å². The van der Waals surface area contributed by atoms with E-state index < -0.39 is 17.5 Å². The molecule has 3 aromatic rings. The first-order valence-corrected chi connectivity index (χ1v) is 11.1. The third kappa shape index (κ3) is 6.12. The minimum atomic E-state index is -1.40. The summed E-state index contributed by atoms with van der Waals surface area (Å²) in [6, 6.07) is 15.8. The van der Waals surface area contributed by atoms with E-state index >= 15 is 0 Å². The van der Waals surface area contributed by atoms with Crippen LogP contribution in [-0.2, 0) is 35.6 Å². The van der Waals surface area contributed by atoms with Gasteiger partial charge in [-0.15, -0.1) is 0 Å². The van der Waals surface area contributed by atoms with Crippen LogP contribution in [0, 0.1) is 0 Å². The molecule has 9 nitrogen and oxygen atoms in total. The van der Waals surface area contributed by atoms with Crippen molar-refractivity contribution in [2.45, 2.75) is 58.9 Å². The van der Waals surface area contributed by atoms with Crippen LogP contribution in [0.15, 0.2) is 59.4 Å². The molecule has 34 heavy (non-hydrogen) atoms. The molecule has 0 saturated carbocycles. The lowest BCUT2D eigenvalue weighted by atomic mass is 10.1. The average Bonchev–Trinajstić information content (AvgIpc) is 3.11. The fourth-order valence-corrected chi connectivity index (χ4v) is 3.28. The molecule has 0 aliphatic rings. The van der Waals surface area contributed by atoms with Crippen molar-refractivity contribution >= 4 is 11.9 Å². The summed E-state index contributed by atoms with van der Waals surface area (Å²) in [5, 5.41) is 13.6. The second kappa shape index (κ2) is 10.8. The molecule has 0 spiro atoms. The van der Waals surface area contributed by atoms with Crippen LogP contribution in [0.25, 0.3) is 0 Å². The fraction of sp³-hybridized carbons (Fsp3) is 0.360. The summed E-state index contributed by atoms with van der Waals surface area (Å²) in [5.41, 5.74) is -0.254. The van der Waals surface area contributed by atoms with Gasteiger partial charge in [-0.3, -0.25) is 4.57 Å². The molecule has 0 saturated heterocycles. The van der Waals surface area contributed by atoms with Crippen molar-refractivity contribution in [3.63, 3.8) is 0 Å². The van der Waals surface area contributed by atoms with E-state index in [-0.39, 0.29) is 17.9 Å².